The lowest BCUT2D eigenvalue weighted by Gasteiger charge is -2.20. The molecule has 3 aromatic heterocycles. The van der Waals surface area contributed by atoms with Crippen LogP contribution in [0.1, 0.15) is 26.2 Å². The number of nitrogens with zero attached hydrogens (tertiary/aromatic N) is 2. The van der Waals surface area contributed by atoms with Crippen molar-refractivity contribution in [3.63, 3.8) is 0 Å². The highest BCUT2D eigenvalue weighted by Gasteiger charge is 2.29. The van der Waals surface area contributed by atoms with Gasteiger partial charge in [0.25, 0.3) is 0 Å². The first-order valence-electron chi connectivity index (χ1n) is 8.73. The summed E-state index contributed by atoms with van der Waals surface area (Å²) >= 11 is 0. The number of aromatic nitrogens is 3. The summed E-state index contributed by atoms with van der Waals surface area (Å²) in [6, 6.07) is 8.83. The highest BCUT2D eigenvalue weighted by Crippen LogP contribution is 2.32. The van der Waals surface area contributed by atoms with Crippen molar-refractivity contribution in [3.05, 3.63) is 53.1 Å². The van der Waals surface area contributed by atoms with Gasteiger partial charge >= 0.3 is 0 Å². The lowest BCUT2D eigenvalue weighted by atomic mass is 10.0. The van der Waals surface area contributed by atoms with Gasteiger partial charge in [0, 0.05) is 42.8 Å². The van der Waals surface area contributed by atoms with Gasteiger partial charge in [0.1, 0.15) is 11.9 Å². The molecule has 4 rings (SSSR count). The van der Waals surface area contributed by atoms with E-state index in [1.54, 1.807) is 18.5 Å². The molecular formula is C20H19N3O3. The molecule has 2 atom stereocenters. The van der Waals surface area contributed by atoms with Crippen LogP contribution in [-0.4, -0.2) is 26.8 Å². The molecule has 6 nitrogen and oxygen atoms in total. The fourth-order valence-corrected chi connectivity index (χ4v) is 3.37. The van der Waals surface area contributed by atoms with E-state index in [9.17, 15) is 9.59 Å². The Balaban J connectivity index is 1.73. The summed E-state index contributed by atoms with van der Waals surface area (Å²) in [5.74, 6) is 1.02. The van der Waals surface area contributed by atoms with Crippen LogP contribution in [0.4, 0.5) is 0 Å². The van der Waals surface area contributed by atoms with Crippen LogP contribution in [0.25, 0.3) is 22.2 Å². The topological polar surface area (TPSA) is 84.9 Å². The number of nitrogens with one attached hydrogen (secondary N) is 1. The maximum absolute atomic E-state index is 11.6. The summed E-state index contributed by atoms with van der Waals surface area (Å²) in [7, 11) is 0. The maximum atomic E-state index is 11.6. The standard InChI is InChI=1S/C20H19N3O3/c1-12(13-4-6-15(24)9-13)26-20-16-3-2-8-21-18(16)10-17(23-20)14-5-7-19(25)22-11-14/h2-3,5,7-8,10-13H,4,6,9H2,1H3,(H,22,25)/t12-,13+/m1/s1. The minimum Gasteiger partial charge on any atom is -0.474 e. The number of rotatable bonds is 4. The lowest BCUT2D eigenvalue weighted by molar-refractivity contribution is -0.117. The summed E-state index contributed by atoms with van der Waals surface area (Å²) in [4.78, 5) is 34.6. The van der Waals surface area contributed by atoms with E-state index >= 15 is 0 Å². The molecule has 0 unspecified atom stereocenters. The molecule has 1 N–H and O–H groups in total. The fraction of sp³-hybridized carbons (Fsp3) is 0.300. The van der Waals surface area contributed by atoms with Gasteiger partial charge in [-0.15, -0.1) is 0 Å². The molecule has 0 spiro atoms. The third-order valence-corrected chi connectivity index (χ3v) is 4.89. The zero-order valence-corrected chi connectivity index (χ0v) is 14.4. The van der Waals surface area contributed by atoms with Crippen molar-refractivity contribution in [3.8, 4) is 17.1 Å². The molecule has 0 bridgehead atoms. The van der Waals surface area contributed by atoms with Gasteiger partial charge in [0.15, 0.2) is 0 Å². The average Bonchev–Trinajstić information content (AvgIpc) is 3.09. The van der Waals surface area contributed by atoms with Crippen LogP contribution < -0.4 is 10.3 Å². The van der Waals surface area contributed by atoms with E-state index in [1.807, 2.05) is 25.1 Å². The van der Waals surface area contributed by atoms with Gasteiger partial charge in [0.05, 0.1) is 16.6 Å². The predicted molar refractivity (Wildman–Crippen MR) is 98.0 cm³/mol. The van der Waals surface area contributed by atoms with Crippen molar-refractivity contribution in [2.24, 2.45) is 5.92 Å². The average molecular weight is 349 g/mol. The summed E-state index contributed by atoms with van der Waals surface area (Å²) < 4.78 is 6.17. The number of hydrogen-bond acceptors (Lipinski definition) is 5. The van der Waals surface area contributed by atoms with Crippen molar-refractivity contribution in [1.29, 1.82) is 0 Å². The second-order valence-corrected chi connectivity index (χ2v) is 6.69. The van der Waals surface area contributed by atoms with Gasteiger partial charge in [-0.3, -0.25) is 14.6 Å². The Morgan fingerprint density at radius 1 is 1.27 bits per heavy atom. The monoisotopic (exact) mass is 349 g/mol. The Bertz CT molecular complexity index is 1010. The van der Waals surface area contributed by atoms with Gasteiger partial charge < -0.3 is 9.72 Å². The Labute approximate surface area is 150 Å². The molecule has 1 fully saturated rings. The molecule has 1 aliphatic carbocycles. The number of ether oxygens (including phenoxy) is 1. The van der Waals surface area contributed by atoms with Gasteiger partial charge in [-0.05, 0) is 37.6 Å². The van der Waals surface area contributed by atoms with Gasteiger partial charge in [0.2, 0.25) is 11.4 Å². The van der Waals surface area contributed by atoms with Crippen LogP contribution in [0.2, 0.25) is 0 Å². The van der Waals surface area contributed by atoms with Gasteiger partial charge in [-0.1, -0.05) is 0 Å². The van der Waals surface area contributed by atoms with Crippen molar-refractivity contribution in [2.75, 3.05) is 0 Å². The Hall–Kier alpha value is -3.02. The number of H-pyrrole nitrogens is 1. The van der Waals surface area contributed by atoms with Crippen LogP contribution in [-0.2, 0) is 4.79 Å². The lowest BCUT2D eigenvalue weighted by Crippen LogP contribution is -2.22. The number of carbonyl (C=O) groups excluding carboxylic acids is 1. The minimum absolute atomic E-state index is 0.108. The summed E-state index contributed by atoms with van der Waals surface area (Å²) in [6.45, 7) is 1.99. The largest absolute Gasteiger partial charge is 0.474 e. The molecule has 0 aliphatic heterocycles. The molecule has 132 valence electrons. The number of pyridine rings is 3. The van der Waals surface area contributed by atoms with E-state index in [0.29, 0.717) is 30.2 Å². The van der Waals surface area contributed by atoms with E-state index in [0.717, 1.165) is 22.9 Å². The molecule has 0 radical (unpaired) electrons. The number of Topliss-reactive ketones (excluding diaryl/α,β-unsaturated/α-hetero) is 1. The quantitative estimate of drug-likeness (QED) is 0.782. The fourth-order valence-electron chi connectivity index (χ4n) is 3.37. The molecule has 1 saturated carbocycles. The third kappa shape index (κ3) is 3.22. The minimum atomic E-state index is -0.163. The van der Waals surface area contributed by atoms with Gasteiger partial charge in [-0.2, -0.15) is 0 Å². The second kappa shape index (κ2) is 6.71. The molecule has 26 heavy (non-hydrogen) atoms. The van der Waals surface area contributed by atoms with Crippen LogP contribution in [0, 0.1) is 5.92 Å². The third-order valence-electron chi connectivity index (χ3n) is 4.89. The van der Waals surface area contributed by atoms with Crippen LogP contribution >= 0.6 is 0 Å². The van der Waals surface area contributed by atoms with Crippen LogP contribution in [0.3, 0.4) is 0 Å². The first-order chi connectivity index (χ1) is 12.6. The highest BCUT2D eigenvalue weighted by molar-refractivity contribution is 5.86. The molecule has 6 heteroatoms. The molecule has 0 saturated heterocycles. The number of fused-ring (bicyclic) bond motifs is 1. The maximum Gasteiger partial charge on any atom is 0.247 e. The predicted octanol–water partition coefficient (Wildman–Crippen LogP) is 3.12. The Morgan fingerprint density at radius 2 is 2.15 bits per heavy atom. The molecule has 3 heterocycles. The van der Waals surface area contributed by atoms with Crippen molar-refractivity contribution in [2.45, 2.75) is 32.3 Å². The summed E-state index contributed by atoms with van der Waals surface area (Å²) in [5, 5.41) is 0.830. The van der Waals surface area contributed by atoms with Crippen LogP contribution in [0.5, 0.6) is 5.88 Å². The molecule has 0 aromatic carbocycles. The molecule has 3 aromatic rings. The Morgan fingerprint density at radius 3 is 2.88 bits per heavy atom. The summed E-state index contributed by atoms with van der Waals surface area (Å²) in [6.07, 6.45) is 5.30. The second-order valence-electron chi connectivity index (χ2n) is 6.69. The molecule has 0 amide bonds. The number of aromatic amines is 1. The molecule has 1 aliphatic rings. The zero-order valence-electron chi connectivity index (χ0n) is 14.4. The molecular weight excluding hydrogens is 330 g/mol. The van der Waals surface area contributed by atoms with E-state index in [1.165, 1.54) is 6.07 Å². The first kappa shape index (κ1) is 16.4. The van der Waals surface area contributed by atoms with Crippen molar-refractivity contribution in [1.82, 2.24) is 15.0 Å². The number of hydrogen-bond donors (Lipinski definition) is 1. The van der Waals surface area contributed by atoms with Gasteiger partial charge in [-0.25, -0.2) is 4.98 Å². The Kier molecular flexibility index (Phi) is 4.24. The summed E-state index contributed by atoms with van der Waals surface area (Å²) in [5.41, 5.74) is 2.07. The van der Waals surface area contributed by atoms with Crippen LogP contribution in [0.15, 0.2) is 47.5 Å². The number of ketones is 1. The zero-order chi connectivity index (χ0) is 18.1. The van der Waals surface area contributed by atoms with E-state index in [2.05, 4.69) is 15.0 Å². The van der Waals surface area contributed by atoms with E-state index < -0.39 is 0 Å². The highest BCUT2D eigenvalue weighted by atomic mass is 16.5. The van der Waals surface area contributed by atoms with E-state index in [-0.39, 0.29) is 17.6 Å². The number of carbonyl (C=O) groups is 1. The normalized spacial score (nSPS) is 18.2. The van der Waals surface area contributed by atoms with E-state index in [4.69, 9.17) is 4.74 Å². The SMILES string of the molecule is C[C@@H](Oc1nc(-c2ccc(=O)[nH]c2)cc2ncccc12)[C@H]1CCC(=O)C1. The smallest absolute Gasteiger partial charge is 0.247 e. The first-order valence-corrected chi connectivity index (χ1v) is 8.73. The van der Waals surface area contributed by atoms with Crippen molar-refractivity contribution < 1.29 is 9.53 Å². The van der Waals surface area contributed by atoms with Crippen molar-refractivity contribution >= 4 is 16.7 Å².